The molecule has 4 heteroatoms. The third kappa shape index (κ3) is 1.02. The Morgan fingerprint density at radius 2 is 2.50 bits per heavy atom. The van der Waals surface area contributed by atoms with E-state index in [0.29, 0.717) is 6.54 Å². The molecule has 0 N–H and O–H groups in total. The lowest BCUT2D eigenvalue weighted by atomic mass is 10.7. The molecule has 0 unspecified atom stereocenters. The van der Waals surface area contributed by atoms with Crippen molar-refractivity contribution >= 4 is 0 Å². The quantitative estimate of drug-likeness (QED) is 0.553. The highest BCUT2D eigenvalue weighted by Gasteiger charge is 1.85. The third-order valence-corrected chi connectivity index (χ3v) is 0.786. The molecule has 0 amide bonds. The summed E-state index contributed by atoms with van der Waals surface area (Å²) >= 11 is 0. The topological polar surface area (TPSA) is 30.7 Å². The molecule has 1 aromatic heterocycles. The number of nitrogens with zero attached hydrogens (tertiary/aromatic N) is 3. The zero-order valence-corrected chi connectivity index (χ0v) is 4.29. The van der Waals surface area contributed by atoms with Crippen molar-refractivity contribution in [2.75, 3.05) is 6.67 Å². The first-order valence-corrected chi connectivity index (χ1v) is 2.33. The Hall–Kier alpha value is -0.930. The van der Waals surface area contributed by atoms with Crippen LogP contribution in [0.3, 0.4) is 0 Å². The highest BCUT2D eigenvalue weighted by molar-refractivity contribution is 4.62. The van der Waals surface area contributed by atoms with E-state index in [1.54, 1.807) is 6.20 Å². The van der Waals surface area contributed by atoms with E-state index in [1.165, 1.54) is 10.9 Å². The molecule has 0 atom stereocenters. The van der Waals surface area contributed by atoms with E-state index in [9.17, 15) is 4.39 Å². The van der Waals surface area contributed by atoms with Crippen molar-refractivity contribution in [2.45, 2.75) is 6.54 Å². The fraction of sp³-hybridized carbons (Fsp3) is 0.500. The normalized spacial score (nSPS) is 9.62. The van der Waals surface area contributed by atoms with E-state index in [2.05, 4.69) is 10.3 Å². The molecule has 3 nitrogen and oxygen atoms in total. The SMILES string of the molecule is FCCn1ccnn1. The molecule has 8 heavy (non-hydrogen) atoms. The van der Waals surface area contributed by atoms with E-state index in [4.69, 9.17) is 0 Å². The Kier molecular flexibility index (Phi) is 1.56. The van der Waals surface area contributed by atoms with Crippen LogP contribution in [0.4, 0.5) is 4.39 Å². The summed E-state index contributed by atoms with van der Waals surface area (Å²) in [6.07, 6.45) is 3.15. The maximum Gasteiger partial charge on any atom is 0.109 e. The van der Waals surface area contributed by atoms with Gasteiger partial charge in [-0.3, -0.25) is 0 Å². The summed E-state index contributed by atoms with van der Waals surface area (Å²) in [6, 6.07) is 0. The first-order chi connectivity index (χ1) is 3.93. The number of rotatable bonds is 2. The van der Waals surface area contributed by atoms with Crippen molar-refractivity contribution in [1.82, 2.24) is 15.0 Å². The largest absolute Gasteiger partial charge is 0.250 e. The first kappa shape index (κ1) is 5.21. The van der Waals surface area contributed by atoms with Gasteiger partial charge in [-0.2, -0.15) is 0 Å². The minimum absolute atomic E-state index is 0.306. The standard InChI is InChI=1S/C4H6FN3/c5-1-3-8-4-2-6-7-8/h2,4H,1,3H2. The van der Waals surface area contributed by atoms with Gasteiger partial charge >= 0.3 is 0 Å². The van der Waals surface area contributed by atoms with Crippen LogP contribution in [-0.2, 0) is 6.54 Å². The molecule has 0 bridgehead atoms. The van der Waals surface area contributed by atoms with Gasteiger partial charge in [-0.15, -0.1) is 5.10 Å². The maximum absolute atomic E-state index is 11.5. The number of hydrogen-bond acceptors (Lipinski definition) is 2. The summed E-state index contributed by atoms with van der Waals surface area (Å²) in [5.41, 5.74) is 0. The summed E-state index contributed by atoms with van der Waals surface area (Å²) < 4.78 is 12.9. The highest BCUT2D eigenvalue weighted by Crippen LogP contribution is 1.79. The fourth-order valence-electron chi connectivity index (χ4n) is 0.439. The van der Waals surface area contributed by atoms with Crippen LogP contribution in [0.5, 0.6) is 0 Å². The molecule has 0 aliphatic heterocycles. The van der Waals surface area contributed by atoms with Gasteiger partial charge in [0.05, 0.1) is 12.7 Å². The molecule has 0 saturated heterocycles. The van der Waals surface area contributed by atoms with E-state index >= 15 is 0 Å². The Balaban J connectivity index is 2.50. The molecule has 1 heterocycles. The van der Waals surface area contributed by atoms with Gasteiger partial charge in [-0.1, -0.05) is 5.21 Å². The molecule has 0 aliphatic carbocycles. The lowest BCUT2D eigenvalue weighted by molar-refractivity contribution is 0.422. The summed E-state index contributed by atoms with van der Waals surface area (Å²) in [7, 11) is 0. The van der Waals surface area contributed by atoms with Crippen molar-refractivity contribution in [1.29, 1.82) is 0 Å². The van der Waals surface area contributed by atoms with Gasteiger partial charge in [-0.25, -0.2) is 9.07 Å². The molecule has 0 fully saturated rings. The van der Waals surface area contributed by atoms with Gasteiger partial charge < -0.3 is 0 Å². The minimum Gasteiger partial charge on any atom is -0.250 e. The summed E-state index contributed by atoms with van der Waals surface area (Å²) in [5, 5.41) is 7.02. The van der Waals surface area contributed by atoms with Gasteiger partial charge in [0.2, 0.25) is 0 Å². The van der Waals surface area contributed by atoms with Gasteiger partial charge in [0, 0.05) is 6.20 Å². The van der Waals surface area contributed by atoms with Crippen LogP contribution in [0.1, 0.15) is 0 Å². The second kappa shape index (κ2) is 2.40. The second-order valence-electron chi connectivity index (χ2n) is 1.36. The lowest BCUT2D eigenvalue weighted by Crippen LogP contribution is -1.99. The molecule has 1 aromatic rings. The molecule has 44 valence electrons. The van der Waals surface area contributed by atoms with Crippen LogP contribution in [-0.4, -0.2) is 21.7 Å². The monoisotopic (exact) mass is 115 g/mol. The van der Waals surface area contributed by atoms with E-state index in [0.717, 1.165) is 0 Å². The van der Waals surface area contributed by atoms with Crippen molar-refractivity contribution in [2.24, 2.45) is 0 Å². The number of aromatic nitrogens is 3. The molecular formula is C4H6FN3. The average molecular weight is 115 g/mol. The van der Waals surface area contributed by atoms with Crippen LogP contribution in [0.25, 0.3) is 0 Å². The van der Waals surface area contributed by atoms with Gasteiger partial charge in [0.25, 0.3) is 0 Å². The van der Waals surface area contributed by atoms with Gasteiger partial charge in [-0.05, 0) is 0 Å². The zero-order chi connectivity index (χ0) is 5.82. The predicted molar refractivity (Wildman–Crippen MR) is 26.0 cm³/mol. The molecular weight excluding hydrogens is 109 g/mol. The fourth-order valence-corrected chi connectivity index (χ4v) is 0.439. The minimum atomic E-state index is -0.386. The predicted octanol–water partition coefficient (Wildman–Crippen LogP) is 0.248. The molecule has 0 radical (unpaired) electrons. The Morgan fingerprint density at radius 1 is 1.62 bits per heavy atom. The second-order valence-corrected chi connectivity index (χ2v) is 1.36. The maximum atomic E-state index is 11.5. The van der Waals surface area contributed by atoms with Gasteiger partial charge in [0.15, 0.2) is 0 Å². The van der Waals surface area contributed by atoms with Crippen molar-refractivity contribution < 1.29 is 4.39 Å². The Labute approximate surface area is 46.1 Å². The van der Waals surface area contributed by atoms with Crippen molar-refractivity contribution in [3.05, 3.63) is 12.4 Å². The van der Waals surface area contributed by atoms with E-state index < -0.39 is 0 Å². The molecule has 0 aliphatic rings. The average Bonchev–Trinajstić information content (AvgIpc) is 2.19. The van der Waals surface area contributed by atoms with E-state index in [-0.39, 0.29) is 6.67 Å². The number of alkyl halides is 1. The third-order valence-electron chi connectivity index (χ3n) is 0.786. The number of hydrogen-bond donors (Lipinski definition) is 0. The van der Waals surface area contributed by atoms with Crippen LogP contribution in [0.2, 0.25) is 0 Å². The Bertz CT molecular complexity index is 137. The van der Waals surface area contributed by atoms with Crippen molar-refractivity contribution in [3.63, 3.8) is 0 Å². The smallest absolute Gasteiger partial charge is 0.109 e. The summed E-state index contributed by atoms with van der Waals surface area (Å²) in [4.78, 5) is 0. The van der Waals surface area contributed by atoms with Crippen LogP contribution in [0, 0.1) is 0 Å². The molecule has 0 saturated carbocycles. The Morgan fingerprint density at radius 3 is 3.00 bits per heavy atom. The molecule has 0 aromatic carbocycles. The van der Waals surface area contributed by atoms with Crippen molar-refractivity contribution in [3.8, 4) is 0 Å². The molecule has 0 spiro atoms. The van der Waals surface area contributed by atoms with E-state index in [1.807, 2.05) is 0 Å². The lowest BCUT2D eigenvalue weighted by Gasteiger charge is -1.88. The summed E-state index contributed by atoms with van der Waals surface area (Å²) in [5.74, 6) is 0. The van der Waals surface area contributed by atoms with Crippen LogP contribution in [0.15, 0.2) is 12.4 Å². The summed E-state index contributed by atoms with van der Waals surface area (Å²) in [6.45, 7) is -0.0800. The van der Waals surface area contributed by atoms with Crippen LogP contribution < -0.4 is 0 Å². The van der Waals surface area contributed by atoms with Gasteiger partial charge in [0.1, 0.15) is 6.67 Å². The number of halogens is 1. The first-order valence-electron chi connectivity index (χ1n) is 2.33. The molecule has 1 rings (SSSR count). The number of aryl methyl sites for hydroxylation is 1. The highest BCUT2D eigenvalue weighted by atomic mass is 19.1. The van der Waals surface area contributed by atoms with Crippen LogP contribution >= 0.6 is 0 Å². The zero-order valence-electron chi connectivity index (χ0n) is 4.29.